The summed E-state index contributed by atoms with van der Waals surface area (Å²) in [7, 11) is 0. The average molecular weight is 297 g/mol. The third kappa shape index (κ3) is 2.85. The Labute approximate surface area is 125 Å². The van der Waals surface area contributed by atoms with Crippen LogP contribution < -0.4 is 5.32 Å². The van der Waals surface area contributed by atoms with Gasteiger partial charge in [-0.2, -0.15) is 4.98 Å². The summed E-state index contributed by atoms with van der Waals surface area (Å²) in [5, 5.41) is 2.51. The van der Waals surface area contributed by atoms with Gasteiger partial charge in [-0.05, 0) is 36.4 Å². The molecule has 2 aromatic heterocycles. The minimum Gasteiger partial charge on any atom is -0.423 e. The van der Waals surface area contributed by atoms with Crippen molar-refractivity contribution in [2.75, 3.05) is 5.32 Å². The highest BCUT2D eigenvalue weighted by Gasteiger charge is 2.17. The fourth-order valence-electron chi connectivity index (χ4n) is 2.03. The number of benzene rings is 1. The predicted molar refractivity (Wildman–Crippen MR) is 79.4 cm³/mol. The number of amides is 1. The quantitative estimate of drug-likeness (QED) is 0.803. The van der Waals surface area contributed by atoms with Crippen molar-refractivity contribution < 1.29 is 13.6 Å². The highest BCUT2D eigenvalue weighted by atomic mass is 19.1. The van der Waals surface area contributed by atoms with Crippen LogP contribution in [0, 0.1) is 5.82 Å². The predicted octanol–water partition coefficient (Wildman–Crippen LogP) is 3.50. The summed E-state index contributed by atoms with van der Waals surface area (Å²) < 4.78 is 18.7. The molecule has 0 aliphatic carbocycles. The number of nitrogens with zero attached hydrogens (tertiary/aromatic N) is 2. The van der Waals surface area contributed by atoms with E-state index in [2.05, 4.69) is 15.3 Å². The molecule has 110 valence electrons. The van der Waals surface area contributed by atoms with E-state index in [0.29, 0.717) is 17.0 Å². The Bertz CT molecular complexity index is 798. The number of halogens is 1. The van der Waals surface area contributed by atoms with Crippen LogP contribution in [0.15, 0.2) is 53.2 Å². The van der Waals surface area contributed by atoms with Gasteiger partial charge in [0.1, 0.15) is 11.5 Å². The Balaban J connectivity index is 2.12. The van der Waals surface area contributed by atoms with Gasteiger partial charge in [-0.3, -0.25) is 15.1 Å². The molecule has 22 heavy (non-hydrogen) atoms. The number of hydrogen-bond acceptors (Lipinski definition) is 4. The first-order valence-electron chi connectivity index (χ1n) is 6.58. The Kier molecular flexibility index (Phi) is 3.65. The maximum absolute atomic E-state index is 13.1. The second kappa shape index (κ2) is 5.77. The van der Waals surface area contributed by atoms with Crippen molar-refractivity contribution in [1.82, 2.24) is 9.97 Å². The molecule has 0 radical (unpaired) electrons. The number of nitrogens with one attached hydrogen (secondary N) is 1. The zero-order valence-electron chi connectivity index (χ0n) is 11.7. The molecule has 2 heterocycles. The van der Waals surface area contributed by atoms with Gasteiger partial charge in [0.15, 0.2) is 5.76 Å². The molecule has 1 aromatic carbocycles. The molecule has 1 amide bonds. The van der Waals surface area contributed by atoms with E-state index in [1.807, 2.05) is 0 Å². The minimum atomic E-state index is -0.334. The van der Waals surface area contributed by atoms with E-state index in [4.69, 9.17) is 4.42 Å². The second-order valence-electron chi connectivity index (χ2n) is 4.62. The van der Waals surface area contributed by atoms with Crippen LogP contribution in [-0.4, -0.2) is 15.9 Å². The number of hydrogen-bond donors (Lipinski definition) is 1. The van der Waals surface area contributed by atoms with E-state index in [1.165, 1.54) is 19.1 Å². The summed E-state index contributed by atoms with van der Waals surface area (Å²) in [5.74, 6) is -0.134. The minimum absolute atomic E-state index is 0.0960. The van der Waals surface area contributed by atoms with E-state index in [1.54, 1.807) is 36.7 Å². The fraction of sp³-hybridized carbons (Fsp3) is 0.0625. The monoisotopic (exact) mass is 297 g/mol. The highest BCUT2D eigenvalue weighted by molar-refractivity contribution is 5.87. The van der Waals surface area contributed by atoms with Crippen molar-refractivity contribution in [3.63, 3.8) is 0 Å². The van der Waals surface area contributed by atoms with E-state index >= 15 is 0 Å². The molecule has 5 nitrogen and oxygen atoms in total. The molecule has 0 aliphatic rings. The Morgan fingerprint density at radius 3 is 2.41 bits per heavy atom. The third-order valence-electron chi connectivity index (χ3n) is 2.97. The van der Waals surface area contributed by atoms with Crippen molar-refractivity contribution in [2.45, 2.75) is 6.92 Å². The number of anilines is 1. The molecule has 0 fully saturated rings. The molecule has 3 rings (SSSR count). The largest absolute Gasteiger partial charge is 0.423 e. The molecular weight excluding hydrogens is 285 g/mol. The Morgan fingerprint density at radius 1 is 1.09 bits per heavy atom. The molecule has 0 bridgehead atoms. The van der Waals surface area contributed by atoms with Gasteiger partial charge in [0.2, 0.25) is 5.91 Å². The lowest BCUT2D eigenvalue weighted by Crippen LogP contribution is -2.05. The van der Waals surface area contributed by atoms with Crippen LogP contribution in [0.3, 0.4) is 0 Å². The van der Waals surface area contributed by atoms with Crippen LogP contribution in [0.1, 0.15) is 6.92 Å². The van der Waals surface area contributed by atoms with Gasteiger partial charge in [-0.1, -0.05) is 0 Å². The van der Waals surface area contributed by atoms with Gasteiger partial charge < -0.3 is 4.42 Å². The molecule has 0 aliphatic heterocycles. The Morgan fingerprint density at radius 2 is 1.77 bits per heavy atom. The van der Waals surface area contributed by atoms with Crippen LogP contribution in [0.2, 0.25) is 0 Å². The first kappa shape index (κ1) is 13.9. The number of rotatable bonds is 3. The lowest BCUT2D eigenvalue weighted by molar-refractivity contribution is -0.114. The zero-order chi connectivity index (χ0) is 15.5. The summed E-state index contributed by atoms with van der Waals surface area (Å²) in [6.07, 6.45) is 3.26. The molecule has 1 N–H and O–H groups in total. The van der Waals surface area contributed by atoms with Gasteiger partial charge in [-0.25, -0.2) is 4.39 Å². The SMILES string of the molecule is CC(=O)Nc1nc(-c2ccc(F)cc2)c(-c2ccncc2)o1. The lowest BCUT2D eigenvalue weighted by atomic mass is 10.1. The summed E-state index contributed by atoms with van der Waals surface area (Å²) in [6.45, 7) is 1.37. The molecular formula is C16H12FN3O2. The maximum Gasteiger partial charge on any atom is 0.302 e. The standard InChI is InChI=1S/C16H12FN3O2/c1-10(21)19-16-20-14(11-2-4-13(17)5-3-11)15(22-16)12-6-8-18-9-7-12/h2-9H,1H3,(H,19,20,21). The number of aromatic nitrogens is 2. The summed E-state index contributed by atoms with van der Waals surface area (Å²) in [5.41, 5.74) is 1.97. The molecule has 6 heteroatoms. The van der Waals surface area contributed by atoms with Crippen LogP contribution in [0.25, 0.3) is 22.6 Å². The number of carbonyl (C=O) groups is 1. The molecule has 3 aromatic rings. The van der Waals surface area contributed by atoms with E-state index in [0.717, 1.165) is 5.56 Å². The number of oxazole rings is 1. The summed E-state index contributed by atoms with van der Waals surface area (Å²) >= 11 is 0. The van der Waals surface area contributed by atoms with E-state index < -0.39 is 0 Å². The van der Waals surface area contributed by atoms with Crippen LogP contribution in [0.4, 0.5) is 10.4 Å². The van der Waals surface area contributed by atoms with Crippen molar-refractivity contribution >= 4 is 11.9 Å². The van der Waals surface area contributed by atoms with Gasteiger partial charge in [0, 0.05) is 30.4 Å². The average Bonchev–Trinajstić information content (AvgIpc) is 2.92. The zero-order valence-corrected chi connectivity index (χ0v) is 11.7. The number of pyridine rings is 1. The smallest absolute Gasteiger partial charge is 0.302 e. The normalized spacial score (nSPS) is 10.5. The van der Waals surface area contributed by atoms with Gasteiger partial charge in [0.05, 0.1) is 0 Å². The maximum atomic E-state index is 13.1. The summed E-state index contributed by atoms with van der Waals surface area (Å²) in [4.78, 5) is 19.4. The van der Waals surface area contributed by atoms with E-state index in [9.17, 15) is 9.18 Å². The van der Waals surface area contributed by atoms with Crippen molar-refractivity contribution in [3.8, 4) is 22.6 Å². The number of carbonyl (C=O) groups excluding carboxylic acids is 1. The van der Waals surface area contributed by atoms with Crippen molar-refractivity contribution in [3.05, 3.63) is 54.6 Å². The van der Waals surface area contributed by atoms with Gasteiger partial charge >= 0.3 is 6.01 Å². The second-order valence-corrected chi connectivity index (χ2v) is 4.62. The first-order valence-corrected chi connectivity index (χ1v) is 6.58. The fourth-order valence-corrected chi connectivity index (χ4v) is 2.03. The van der Waals surface area contributed by atoms with Gasteiger partial charge in [0.25, 0.3) is 0 Å². The van der Waals surface area contributed by atoms with Crippen molar-refractivity contribution in [2.24, 2.45) is 0 Å². The lowest BCUT2D eigenvalue weighted by Gasteiger charge is -2.00. The molecule has 0 unspecified atom stereocenters. The third-order valence-corrected chi connectivity index (χ3v) is 2.97. The Hall–Kier alpha value is -3.02. The molecule has 0 atom stereocenters. The molecule has 0 spiro atoms. The van der Waals surface area contributed by atoms with Gasteiger partial charge in [-0.15, -0.1) is 0 Å². The highest BCUT2D eigenvalue weighted by Crippen LogP contribution is 2.34. The van der Waals surface area contributed by atoms with Crippen molar-refractivity contribution in [1.29, 1.82) is 0 Å². The topological polar surface area (TPSA) is 68.0 Å². The molecule has 0 saturated heterocycles. The van der Waals surface area contributed by atoms with Crippen LogP contribution in [-0.2, 0) is 4.79 Å². The van der Waals surface area contributed by atoms with Crippen LogP contribution in [0.5, 0.6) is 0 Å². The summed E-state index contributed by atoms with van der Waals surface area (Å²) in [6, 6.07) is 9.54. The first-order chi connectivity index (χ1) is 10.6. The molecule has 0 saturated carbocycles. The van der Waals surface area contributed by atoms with Crippen LogP contribution >= 0.6 is 0 Å². The van der Waals surface area contributed by atoms with E-state index in [-0.39, 0.29) is 17.7 Å².